The first-order chi connectivity index (χ1) is 9.29. The fourth-order valence-corrected chi connectivity index (χ4v) is 4.23. The lowest BCUT2D eigenvalue weighted by Crippen LogP contribution is -2.37. The Bertz CT molecular complexity index is 315. The van der Waals surface area contributed by atoms with Crippen LogP contribution in [-0.2, 0) is 4.79 Å². The average Bonchev–Trinajstić information content (AvgIpc) is 2.99. The Balaban J connectivity index is 1.57. The molecule has 3 heteroatoms. The summed E-state index contributed by atoms with van der Waals surface area (Å²) in [5.41, 5.74) is 0.428. The molecule has 0 aromatic carbocycles. The number of amides is 1. The van der Waals surface area contributed by atoms with E-state index >= 15 is 0 Å². The highest BCUT2D eigenvalue weighted by molar-refractivity contribution is 5.79. The summed E-state index contributed by atoms with van der Waals surface area (Å²) in [6, 6.07) is 0. The molecule has 0 aromatic rings. The summed E-state index contributed by atoms with van der Waals surface area (Å²) in [5, 5.41) is 3.47. The van der Waals surface area contributed by atoms with Crippen molar-refractivity contribution in [3.8, 4) is 0 Å². The average molecular weight is 264 g/mol. The van der Waals surface area contributed by atoms with Crippen LogP contribution in [0.2, 0.25) is 0 Å². The van der Waals surface area contributed by atoms with E-state index < -0.39 is 0 Å². The molecule has 1 atom stereocenters. The first-order valence-electron chi connectivity index (χ1n) is 8.29. The topological polar surface area (TPSA) is 32.3 Å². The maximum atomic E-state index is 12.7. The van der Waals surface area contributed by atoms with Crippen LogP contribution in [0.15, 0.2) is 0 Å². The Morgan fingerprint density at radius 1 is 1.05 bits per heavy atom. The van der Waals surface area contributed by atoms with Gasteiger partial charge in [0.05, 0.1) is 0 Å². The molecule has 2 heterocycles. The van der Waals surface area contributed by atoms with Crippen molar-refractivity contribution in [1.82, 2.24) is 10.2 Å². The monoisotopic (exact) mass is 264 g/mol. The summed E-state index contributed by atoms with van der Waals surface area (Å²) in [6.07, 6.45) is 11.3. The van der Waals surface area contributed by atoms with Crippen LogP contribution in [0.4, 0.5) is 0 Å². The number of hydrogen-bond donors (Lipinski definition) is 1. The molecule has 3 nitrogen and oxygen atoms in total. The van der Waals surface area contributed by atoms with Gasteiger partial charge >= 0.3 is 0 Å². The largest absolute Gasteiger partial charge is 0.342 e. The fourth-order valence-electron chi connectivity index (χ4n) is 4.23. The molecule has 1 N–H and O–H groups in total. The van der Waals surface area contributed by atoms with Crippen molar-refractivity contribution < 1.29 is 4.79 Å². The van der Waals surface area contributed by atoms with Crippen molar-refractivity contribution in [3.63, 3.8) is 0 Å². The van der Waals surface area contributed by atoms with Crippen molar-refractivity contribution in [2.75, 3.05) is 26.2 Å². The van der Waals surface area contributed by atoms with Gasteiger partial charge in [0, 0.05) is 31.0 Å². The van der Waals surface area contributed by atoms with Crippen molar-refractivity contribution in [1.29, 1.82) is 0 Å². The zero-order chi connectivity index (χ0) is 13.1. The maximum Gasteiger partial charge on any atom is 0.225 e. The van der Waals surface area contributed by atoms with E-state index in [0.717, 1.165) is 39.0 Å². The molecule has 1 spiro atoms. The van der Waals surface area contributed by atoms with Gasteiger partial charge in [-0.15, -0.1) is 0 Å². The van der Waals surface area contributed by atoms with Crippen molar-refractivity contribution in [3.05, 3.63) is 0 Å². The van der Waals surface area contributed by atoms with Gasteiger partial charge in [-0.2, -0.15) is 0 Å². The summed E-state index contributed by atoms with van der Waals surface area (Å²) < 4.78 is 0. The van der Waals surface area contributed by atoms with Crippen LogP contribution in [0.25, 0.3) is 0 Å². The highest BCUT2D eigenvalue weighted by atomic mass is 16.2. The third kappa shape index (κ3) is 2.96. The van der Waals surface area contributed by atoms with Gasteiger partial charge in [-0.25, -0.2) is 0 Å². The lowest BCUT2D eigenvalue weighted by atomic mass is 9.86. The Morgan fingerprint density at radius 3 is 2.47 bits per heavy atom. The number of likely N-dealkylation sites (tertiary alicyclic amines) is 1. The molecule has 1 aliphatic carbocycles. The molecule has 2 saturated heterocycles. The molecule has 0 aromatic heterocycles. The van der Waals surface area contributed by atoms with E-state index in [-0.39, 0.29) is 0 Å². The third-order valence-corrected chi connectivity index (χ3v) is 5.54. The van der Waals surface area contributed by atoms with Gasteiger partial charge in [0.25, 0.3) is 0 Å². The molecule has 1 saturated carbocycles. The summed E-state index contributed by atoms with van der Waals surface area (Å²) >= 11 is 0. The smallest absolute Gasteiger partial charge is 0.225 e. The summed E-state index contributed by atoms with van der Waals surface area (Å²) in [4.78, 5) is 14.9. The van der Waals surface area contributed by atoms with Gasteiger partial charge in [0.1, 0.15) is 0 Å². The third-order valence-electron chi connectivity index (χ3n) is 5.54. The van der Waals surface area contributed by atoms with Gasteiger partial charge in [0.2, 0.25) is 5.91 Å². The predicted octanol–water partition coefficient (Wildman–Crippen LogP) is 2.56. The number of nitrogens with one attached hydrogen (secondary N) is 1. The van der Waals surface area contributed by atoms with Crippen LogP contribution >= 0.6 is 0 Å². The molecule has 2 aliphatic heterocycles. The van der Waals surface area contributed by atoms with E-state index in [1.54, 1.807) is 0 Å². The minimum absolute atomic E-state index is 0.338. The van der Waals surface area contributed by atoms with Crippen LogP contribution in [0.1, 0.15) is 57.8 Å². The zero-order valence-electron chi connectivity index (χ0n) is 12.1. The summed E-state index contributed by atoms with van der Waals surface area (Å²) in [6.45, 7) is 4.30. The first kappa shape index (κ1) is 13.4. The summed E-state index contributed by atoms with van der Waals surface area (Å²) in [7, 11) is 0. The van der Waals surface area contributed by atoms with Crippen LogP contribution in [0.3, 0.4) is 0 Å². The van der Waals surface area contributed by atoms with E-state index in [4.69, 9.17) is 0 Å². The van der Waals surface area contributed by atoms with Gasteiger partial charge in [-0.1, -0.05) is 32.1 Å². The standard InChI is InChI=1S/C16H28N2O/c19-15(14-6-4-2-1-3-5-7-14)18-11-9-16(13-18)8-10-17-12-16/h14,17H,1-13H2. The molecule has 3 fully saturated rings. The lowest BCUT2D eigenvalue weighted by Gasteiger charge is -2.27. The summed E-state index contributed by atoms with van der Waals surface area (Å²) in [5.74, 6) is 0.815. The maximum absolute atomic E-state index is 12.7. The quantitative estimate of drug-likeness (QED) is 0.789. The Labute approximate surface area is 117 Å². The minimum atomic E-state index is 0.338. The Hall–Kier alpha value is -0.570. The SMILES string of the molecule is O=C(C1CCCCCCC1)N1CCC2(CCNC2)C1. The van der Waals surface area contributed by atoms with Gasteiger partial charge < -0.3 is 10.2 Å². The molecule has 3 aliphatic rings. The molecule has 108 valence electrons. The Kier molecular flexibility index (Phi) is 4.11. The fraction of sp³-hybridized carbons (Fsp3) is 0.938. The zero-order valence-corrected chi connectivity index (χ0v) is 12.1. The molecule has 0 radical (unpaired) electrons. The number of carbonyl (C=O) groups excluding carboxylic acids is 1. The van der Waals surface area contributed by atoms with Gasteiger partial charge in [-0.3, -0.25) is 4.79 Å². The van der Waals surface area contributed by atoms with E-state index in [0.29, 0.717) is 17.2 Å². The van der Waals surface area contributed by atoms with Crippen LogP contribution in [0, 0.1) is 11.3 Å². The molecule has 1 unspecified atom stereocenters. The first-order valence-corrected chi connectivity index (χ1v) is 8.29. The second-order valence-electron chi connectivity index (χ2n) is 6.98. The number of carbonyl (C=O) groups is 1. The molecule has 1 amide bonds. The molecule has 3 rings (SSSR count). The van der Waals surface area contributed by atoms with E-state index in [2.05, 4.69) is 10.2 Å². The van der Waals surface area contributed by atoms with E-state index in [9.17, 15) is 4.79 Å². The number of nitrogens with zero attached hydrogens (tertiary/aromatic N) is 1. The highest BCUT2D eigenvalue weighted by Crippen LogP contribution is 2.37. The molecular weight excluding hydrogens is 236 g/mol. The highest BCUT2D eigenvalue weighted by Gasteiger charge is 2.42. The van der Waals surface area contributed by atoms with E-state index in [1.807, 2.05) is 0 Å². The molecular formula is C16H28N2O. The minimum Gasteiger partial charge on any atom is -0.342 e. The lowest BCUT2D eigenvalue weighted by molar-refractivity contribution is -0.135. The van der Waals surface area contributed by atoms with Crippen LogP contribution in [-0.4, -0.2) is 37.0 Å². The number of rotatable bonds is 1. The molecule has 0 bridgehead atoms. The van der Waals surface area contributed by atoms with Crippen molar-refractivity contribution >= 4 is 5.91 Å². The van der Waals surface area contributed by atoms with Crippen LogP contribution < -0.4 is 5.32 Å². The van der Waals surface area contributed by atoms with Gasteiger partial charge in [0.15, 0.2) is 0 Å². The van der Waals surface area contributed by atoms with Gasteiger partial charge in [-0.05, 0) is 32.2 Å². The predicted molar refractivity (Wildman–Crippen MR) is 76.9 cm³/mol. The number of hydrogen-bond acceptors (Lipinski definition) is 2. The van der Waals surface area contributed by atoms with Crippen molar-refractivity contribution in [2.24, 2.45) is 11.3 Å². The van der Waals surface area contributed by atoms with E-state index in [1.165, 1.54) is 44.9 Å². The van der Waals surface area contributed by atoms with Crippen molar-refractivity contribution in [2.45, 2.75) is 57.8 Å². The Morgan fingerprint density at radius 2 is 1.79 bits per heavy atom. The van der Waals surface area contributed by atoms with Crippen LogP contribution in [0.5, 0.6) is 0 Å². The normalized spacial score (nSPS) is 33.6. The second-order valence-corrected chi connectivity index (χ2v) is 6.98. The second kappa shape index (κ2) is 5.82. The molecule has 19 heavy (non-hydrogen) atoms.